The number of rotatable bonds is 1. The maximum atomic E-state index is 6.15. The smallest absolute Gasteiger partial charge is 0.132 e. The van der Waals surface area contributed by atoms with Crippen LogP contribution < -0.4 is 11.5 Å². The highest BCUT2D eigenvalue weighted by atomic mass is 35.5. The first-order valence-corrected chi connectivity index (χ1v) is 6.65. The lowest BCUT2D eigenvalue weighted by atomic mass is 10.0. The van der Waals surface area contributed by atoms with Gasteiger partial charge in [-0.15, -0.1) is 0 Å². The van der Waals surface area contributed by atoms with Crippen LogP contribution in [0.3, 0.4) is 0 Å². The highest BCUT2D eigenvalue weighted by Gasteiger charge is 2.09. The van der Waals surface area contributed by atoms with Gasteiger partial charge in [0, 0.05) is 27.0 Å². The zero-order valence-electron chi connectivity index (χ0n) is 11.0. The SMILES string of the molecule is Cc1ccc2c(N)nc(-c3ccc(Cl)cc3)cc2c1N. The van der Waals surface area contributed by atoms with Crippen molar-refractivity contribution >= 4 is 33.9 Å². The molecule has 1 heterocycles. The molecule has 100 valence electrons. The lowest BCUT2D eigenvalue weighted by molar-refractivity contribution is 1.36. The second kappa shape index (κ2) is 4.69. The number of hydrogen-bond acceptors (Lipinski definition) is 3. The van der Waals surface area contributed by atoms with Crippen LogP contribution in [-0.4, -0.2) is 4.98 Å². The van der Waals surface area contributed by atoms with Crippen LogP contribution in [0, 0.1) is 6.92 Å². The summed E-state index contributed by atoms with van der Waals surface area (Å²) in [5, 5.41) is 2.51. The van der Waals surface area contributed by atoms with Crippen molar-refractivity contribution in [1.82, 2.24) is 4.98 Å². The van der Waals surface area contributed by atoms with Gasteiger partial charge in [0.2, 0.25) is 0 Å². The van der Waals surface area contributed by atoms with Gasteiger partial charge in [0.05, 0.1) is 5.69 Å². The highest BCUT2D eigenvalue weighted by molar-refractivity contribution is 6.30. The van der Waals surface area contributed by atoms with Gasteiger partial charge in [0.1, 0.15) is 5.82 Å². The third-order valence-electron chi connectivity index (χ3n) is 3.44. The molecule has 0 aliphatic rings. The van der Waals surface area contributed by atoms with Crippen molar-refractivity contribution in [1.29, 1.82) is 0 Å². The number of nitrogens with zero attached hydrogens (tertiary/aromatic N) is 1. The average Bonchev–Trinajstić information content (AvgIpc) is 2.44. The van der Waals surface area contributed by atoms with Crippen LogP contribution in [0.15, 0.2) is 42.5 Å². The first kappa shape index (κ1) is 12.8. The Morgan fingerprint density at radius 3 is 2.35 bits per heavy atom. The van der Waals surface area contributed by atoms with Crippen molar-refractivity contribution in [2.24, 2.45) is 0 Å². The van der Waals surface area contributed by atoms with Gasteiger partial charge in [0.15, 0.2) is 0 Å². The van der Waals surface area contributed by atoms with Gasteiger partial charge >= 0.3 is 0 Å². The number of benzene rings is 2. The van der Waals surface area contributed by atoms with E-state index in [1.807, 2.05) is 49.4 Å². The minimum absolute atomic E-state index is 0.485. The Labute approximate surface area is 122 Å². The summed E-state index contributed by atoms with van der Waals surface area (Å²) >= 11 is 5.91. The van der Waals surface area contributed by atoms with Crippen molar-refractivity contribution in [3.8, 4) is 11.3 Å². The molecule has 0 atom stereocenters. The predicted octanol–water partition coefficient (Wildman–Crippen LogP) is 4.03. The number of fused-ring (bicyclic) bond motifs is 1. The maximum absolute atomic E-state index is 6.15. The molecule has 0 aliphatic heterocycles. The second-order valence-electron chi connectivity index (χ2n) is 4.79. The maximum Gasteiger partial charge on any atom is 0.132 e. The van der Waals surface area contributed by atoms with Crippen LogP contribution in [0.4, 0.5) is 11.5 Å². The van der Waals surface area contributed by atoms with Crippen LogP contribution in [0.2, 0.25) is 5.02 Å². The predicted molar refractivity (Wildman–Crippen MR) is 85.8 cm³/mol. The van der Waals surface area contributed by atoms with E-state index in [9.17, 15) is 0 Å². The summed E-state index contributed by atoms with van der Waals surface area (Å²) < 4.78 is 0. The van der Waals surface area contributed by atoms with Crippen molar-refractivity contribution < 1.29 is 0 Å². The van der Waals surface area contributed by atoms with Crippen molar-refractivity contribution in [2.75, 3.05) is 11.5 Å². The first-order valence-electron chi connectivity index (χ1n) is 6.27. The Hall–Kier alpha value is -2.26. The van der Waals surface area contributed by atoms with E-state index in [0.29, 0.717) is 10.8 Å². The first-order chi connectivity index (χ1) is 9.56. The summed E-state index contributed by atoms with van der Waals surface area (Å²) in [7, 11) is 0. The highest BCUT2D eigenvalue weighted by Crippen LogP contribution is 2.31. The fraction of sp³-hybridized carbons (Fsp3) is 0.0625. The molecule has 4 N–H and O–H groups in total. The van der Waals surface area contributed by atoms with E-state index in [1.54, 1.807) is 0 Å². The summed E-state index contributed by atoms with van der Waals surface area (Å²) in [4.78, 5) is 4.45. The van der Waals surface area contributed by atoms with Gasteiger partial charge in [-0.05, 0) is 30.7 Å². The molecule has 4 heteroatoms. The van der Waals surface area contributed by atoms with Crippen LogP contribution in [0.1, 0.15) is 5.56 Å². The van der Waals surface area contributed by atoms with Crippen LogP contribution in [0.25, 0.3) is 22.0 Å². The van der Waals surface area contributed by atoms with E-state index in [4.69, 9.17) is 23.1 Å². The van der Waals surface area contributed by atoms with Crippen molar-refractivity contribution in [3.63, 3.8) is 0 Å². The van der Waals surface area contributed by atoms with E-state index in [0.717, 1.165) is 33.3 Å². The quantitative estimate of drug-likeness (QED) is 0.663. The molecule has 0 aliphatic carbocycles. The molecule has 1 aromatic heterocycles. The van der Waals surface area contributed by atoms with Gasteiger partial charge in [-0.25, -0.2) is 4.98 Å². The Morgan fingerprint density at radius 1 is 0.950 bits per heavy atom. The summed E-state index contributed by atoms with van der Waals surface area (Å²) in [6.45, 7) is 1.98. The Kier molecular flexibility index (Phi) is 2.99. The van der Waals surface area contributed by atoms with E-state index in [1.165, 1.54) is 0 Å². The zero-order chi connectivity index (χ0) is 14.3. The van der Waals surface area contributed by atoms with E-state index in [2.05, 4.69) is 4.98 Å². The van der Waals surface area contributed by atoms with Crippen LogP contribution in [0.5, 0.6) is 0 Å². The number of nitrogen functional groups attached to an aromatic ring is 2. The lowest BCUT2D eigenvalue weighted by Gasteiger charge is -2.10. The van der Waals surface area contributed by atoms with Gasteiger partial charge < -0.3 is 11.5 Å². The molecule has 0 fully saturated rings. The molecule has 3 rings (SSSR count). The molecule has 2 aromatic carbocycles. The number of aromatic nitrogens is 1. The number of hydrogen-bond donors (Lipinski definition) is 2. The molecule has 0 spiro atoms. The molecular formula is C16H14ClN3. The Bertz CT molecular complexity index is 795. The monoisotopic (exact) mass is 283 g/mol. The number of anilines is 2. The fourth-order valence-corrected chi connectivity index (χ4v) is 2.38. The molecule has 0 radical (unpaired) electrons. The Balaban J connectivity index is 2.28. The summed E-state index contributed by atoms with van der Waals surface area (Å²) in [5.74, 6) is 0.485. The molecule has 0 saturated carbocycles. The molecule has 0 bridgehead atoms. The largest absolute Gasteiger partial charge is 0.398 e. The third-order valence-corrected chi connectivity index (χ3v) is 3.70. The standard InChI is InChI=1S/C16H14ClN3/c1-9-2-7-12-13(15(9)18)8-14(20-16(12)19)10-3-5-11(17)6-4-10/h2-8H,18H2,1H3,(H2,19,20). The fourth-order valence-electron chi connectivity index (χ4n) is 2.25. The van der Waals surface area contributed by atoms with Gasteiger partial charge in [-0.2, -0.15) is 0 Å². The minimum Gasteiger partial charge on any atom is -0.398 e. The topological polar surface area (TPSA) is 64.9 Å². The third kappa shape index (κ3) is 2.06. The number of pyridine rings is 1. The average molecular weight is 284 g/mol. The molecular weight excluding hydrogens is 270 g/mol. The van der Waals surface area contributed by atoms with Crippen molar-refractivity contribution in [3.05, 3.63) is 53.1 Å². The molecule has 0 unspecified atom stereocenters. The second-order valence-corrected chi connectivity index (χ2v) is 5.23. The zero-order valence-corrected chi connectivity index (χ0v) is 11.8. The summed E-state index contributed by atoms with van der Waals surface area (Å²) in [6, 6.07) is 13.4. The molecule has 3 aromatic rings. The van der Waals surface area contributed by atoms with Gasteiger partial charge in [-0.3, -0.25) is 0 Å². The minimum atomic E-state index is 0.485. The molecule has 0 saturated heterocycles. The van der Waals surface area contributed by atoms with Crippen molar-refractivity contribution in [2.45, 2.75) is 6.92 Å². The van der Waals surface area contributed by atoms with E-state index >= 15 is 0 Å². The number of aryl methyl sites for hydroxylation is 1. The lowest BCUT2D eigenvalue weighted by Crippen LogP contribution is -1.98. The van der Waals surface area contributed by atoms with Gasteiger partial charge in [-0.1, -0.05) is 35.9 Å². The number of nitrogens with two attached hydrogens (primary N) is 2. The molecule has 0 amide bonds. The Morgan fingerprint density at radius 2 is 1.65 bits per heavy atom. The van der Waals surface area contributed by atoms with E-state index < -0.39 is 0 Å². The summed E-state index contributed by atoms with van der Waals surface area (Å²) in [5.41, 5.74) is 15.7. The number of halogens is 1. The molecule has 3 nitrogen and oxygen atoms in total. The van der Waals surface area contributed by atoms with Gasteiger partial charge in [0.25, 0.3) is 0 Å². The van der Waals surface area contributed by atoms with Crippen LogP contribution in [-0.2, 0) is 0 Å². The van der Waals surface area contributed by atoms with E-state index in [-0.39, 0.29) is 0 Å². The normalized spacial score (nSPS) is 10.9. The van der Waals surface area contributed by atoms with Crippen LogP contribution >= 0.6 is 11.6 Å². The summed E-state index contributed by atoms with van der Waals surface area (Å²) in [6.07, 6.45) is 0. The molecule has 20 heavy (non-hydrogen) atoms.